The molecule has 2 aromatic rings. The first-order valence-electron chi connectivity index (χ1n) is 13.5. The molecule has 1 aromatic heterocycles. The van der Waals surface area contributed by atoms with Crippen LogP contribution < -0.4 is 22.5 Å². The molecule has 12 heteroatoms. The van der Waals surface area contributed by atoms with E-state index >= 15 is 0 Å². The monoisotopic (exact) mass is 538 g/mol. The summed E-state index contributed by atoms with van der Waals surface area (Å²) in [5.74, 6) is 1.66. The quantitative estimate of drug-likeness (QED) is 0.371. The Kier molecular flexibility index (Phi) is 7.47. The van der Waals surface area contributed by atoms with Crippen LogP contribution in [0.15, 0.2) is 41.3 Å². The first-order valence-corrected chi connectivity index (χ1v) is 13.5. The van der Waals surface area contributed by atoms with Crippen LogP contribution in [0.25, 0.3) is 5.69 Å². The number of aliphatic hydroxyl groups excluding tert-OH is 1. The zero-order valence-electron chi connectivity index (χ0n) is 22.5. The van der Waals surface area contributed by atoms with Gasteiger partial charge in [-0.2, -0.15) is 4.98 Å². The van der Waals surface area contributed by atoms with Crippen LogP contribution in [-0.2, 0) is 11.3 Å². The van der Waals surface area contributed by atoms with E-state index < -0.39 is 11.2 Å². The molecule has 0 bridgehead atoms. The fourth-order valence-corrected chi connectivity index (χ4v) is 5.94. The molecule has 3 aliphatic rings. The van der Waals surface area contributed by atoms with E-state index in [2.05, 4.69) is 15.2 Å². The Morgan fingerprint density at radius 1 is 1.08 bits per heavy atom. The number of nitrogens with two attached hydrogens (primary N) is 2. The summed E-state index contributed by atoms with van der Waals surface area (Å²) in [5, 5.41) is 12.0. The lowest BCUT2D eigenvalue weighted by Gasteiger charge is -2.37. The molecule has 0 radical (unpaired) electrons. The number of piperidine rings is 1. The van der Waals surface area contributed by atoms with E-state index in [1.54, 1.807) is 35.9 Å². The van der Waals surface area contributed by atoms with Crippen molar-refractivity contribution in [2.45, 2.75) is 32.0 Å². The molecule has 210 valence electrons. The van der Waals surface area contributed by atoms with Gasteiger partial charge in [0.25, 0.3) is 0 Å². The second-order valence-electron chi connectivity index (χ2n) is 11.5. The molecule has 3 heterocycles. The van der Waals surface area contributed by atoms with Gasteiger partial charge in [0.1, 0.15) is 5.82 Å². The Hall–Kier alpha value is -3.32. The number of benzene rings is 1. The van der Waals surface area contributed by atoms with E-state index in [1.807, 2.05) is 24.3 Å². The Morgan fingerprint density at radius 2 is 1.69 bits per heavy atom. The molecular weight excluding hydrogens is 500 g/mol. The molecule has 5 rings (SSSR count). The predicted octanol–water partition coefficient (Wildman–Crippen LogP) is -0.357. The molecule has 1 saturated carbocycles. The lowest BCUT2D eigenvalue weighted by molar-refractivity contribution is -0.137. The number of nitrogens with zero attached hydrogens (tertiary/aromatic N) is 5. The third kappa shape index (κ3) is 5.83. The Bertz CT molecular complexity index is 1250. The Balaban J connectivity index is 1.13. The maximum absolute atomic E-state index is 12.7. The van der Waals surface area contributed by atoms with Crippen LogP contribution >= 0.6 is 0 Å². The molecule has 3 fully saturated rings. The van der Waals surface area contributed by atoms with Gasteiger partial charge in [-0.25, -0.2) is 9.59 Å². The zero-order chi connectivity index (χ0) is 27.9. The standard InChI is InChI=1S/C27H38N8O4/c1-27(2,29)24(37)33-9-11-34(12-10-33)25(38)30-22-7-8-35(26(39)31-22)18-5-3-17(4-6-18)13-32-14-19-20(15-32)23(19)21(28)16-36/h3-8,19-21,23,36H,9-16,28-29H2,1-2H3,(H,30,31,38,39). The summed E-state index contributed by atoms with van der Waals surface area (Å²) in [6.45, 7) is 7.75. The van der Waals surface area contributed by atoms with Gasteiger partial charge < -0.3 is 26.4 Å². The number of aromatic nitrogens is 2. The summed E-state index contributed by atoms with van der Waals surface area (Å²) in [6.07, 6.45) is 1.60. The fourth-order valence-electron chi connectivity index (χ4n) is 5.94. The molecule has 2 aliphatic heterocycles. The number of rotatable bonds is 7. The van der Waals surface area contributed by atoms with Crippen molar-refractivity contribution < 1.29 is 14.7 Å². The average Bonchev–Trinajstić information content (AvgIpc) is 3.42. The number of anilines is 1. The molecule has 3 amide bonds. The number of piperazine rings is 1. The summed E-state index contributed by atoms with van der Waals surface area (Å²) in [7, 11) is 0. The SMILES string of the molecule is CC(C)(N)C(=O)N1CCN(C(=O)Nc2ccn(-c3ccc(CN4CC5C(C4)C5C(N)CO)cc3)c(=O)n2)CC1. The first-order chi connectivity index (χ1) is 18.5. The number of likely N-dealkylation sites (tertiary alicyclic amines) is 1. The van der Waals surface area contributed by atoms with Crippen LogP contribution in [0.2, 0.25) is 0 Å². The molecule has 12 nitrogen and oxygen atoms in total. The van der Waals surface area contributed by atoms with Crippen molar-refractivity contribution in [1.82, 2.24) is 24.3 Å². The number of hydrogen-bond donors (Lipinski definition) is 4. The van der Waals surface area contributed by atoms with Crippen molar-refractivity contribution in [2.24, 2.45) is 29.2 Å². The number of fused-ring (bicyclic) bond motifs is 1. The highest BCUT2D eigenvalue weighted by Crippen LogP contribution is 2.53. The predicted molar refractivity (Wildman–Crippen MR) is 146 cm³/mol. The molecular formula is C27H38N8O4. The van der Waals surface area contributed by atoms with Crippen molar-refractivity contribution in [3.8, 4) is 5.69 Å². The van der Waals surface area contributed by atoms with Gasteiger partial charge in [0.2, 0.25) is 5.91 Å². The normalized spacial score (nSPS) is 23.9. The summed E-state index contributed by atoms with van der Waals surface area (Å²) >= 11 is 0. The maximum atomic E-state index is 12.7. The molecule has 3 unspecified atom stereocenters. The zero-order valence-corrected chi connectivity index (χ0v) is 22.5. The molecule has 3 atom stereocenters. The molecule has 2 saturated heterocycles. The summed E-state index contributed by atoms with van der Waals surface area (Å²) in [6, 6.07) is 8.91. The molecule has 39 heavy (non-hydrogen) atoms. The van der Waals surface area contributed by atoms with Gasteiger partial charge in [0.15, 0.2) is 0 Å². The number of hydrogen-bond acceptors (Lipinski definition) is 8. The number of nitrogens with one attached hydrogen (secondary N) is 1. The van der Waals surface area contributed by atoms with Crippen LogP contribution in [0, 0.1) is 17.8 Å². The highest BCUT2D eigenvalue weighted by Gasteiger charge is 2.57. The lowest BCUT2D eigenvalue weighted by Crippen LogP contribution is -2.58. The number of carbonyl (C=O) groups excluding carboxylic acids is 2. The van der Waals surface area contributed by atoms with Crippen molar-refractivity contribution in [2.75, 3.05) is 51.2 Å². The van der Waals surface area contributed by atoms with E-state index in [9.17, 15) is 19.5 Å². The van der Waals surface area contributed by atoms with Crippen LogP contribution in [0.1, 0.15) is 19.4 Å². The number of urea groups is 1. The highest BCUT2D eigenvalue weighted by molar-refractivity contribution is 5.89. The number of carbonyl (C=O) groups is 2. The van der Waals surface area contributed by atoms with Crippen molar-refractivity contribution in [1.29, 1.82) is 0 Å². The second-order valence-corrected chi connectivity index (χ2v) is 11.5. The largest absolute Gasteiger partial charge is 0.395 e. The van der Waals surface area contributed by atoms with Gasteiger partial charge in [0, 0.05) is 58.1 Å². The number of aliphatic hydroxyl groups is 1. The Morgan fingerprint density at radius 3 is 2.26 bits per heavy atom. The molecule has 1 aromatic carbocycles. The van der Waals surface area contributed by atoms with Crippen LogP contribution in [0.3, 0.4) is 0 Å². The highest BCUT2D eigenvalue weighted by atomic mass is 16.3. The Labute approximate surface area is 227 Å². The maximum Gasteiger partial charge on any atom is 0.354 e. The minimum Gasteiger partial charge on any atom is -0.395 e. The van der Waals surface area contributed by atoms with Gasteiger partial charge in [-0.1, -0.05) is 12.1 Å². The fraction of sp³-hybridized carbons (Fsp3) is 0.556. The summed E-state index contributed by atoms with van der Waals surface area (Å²) < 4.78 is 1.43. The first kappa shape index (κ1) is 27.3. The van der Waals surface area contributed by atoms with Gasteiger partial charge in [-0.3, -0.25) is 19.6 Å². The minimum atomic E-state index is -0.951. The number of amides is 3. The molecule has 1 aliphatic carbocycles. The van der Waals surface area contributed by atoms with Gasteiger partial charge in [-0.05, 0) is 55.4 Å². The van der Waals surface area contributed by atoms with E-state index in [0.717, 1.165) is 25.2 Å². The van der Waals surface area contributed by atoms with Gasteiger partial charge in [-0.15, -0.1) is 0 Å². The van der Waals surface area contributed by atoms with Crippen molar-refractivity contribution >= 4 is 17.8 Å². The van der Waals surface area contributed by atoms with E-state index in [-0.39, 0.29) is 30.4 Å². The smallest absolute Gasteiger partial charge is 0.354 e. The van der Waals surface area contributed by atoms with E-state index in [4.69, 9.17) is 11.5 Å². The van der Waals surface area contributed by atoms with Crippen molar-refractivity contribution in [3.63, 3.8) is 0 Å². The van der Waals surface area contributed by atoms with Crippen LogP contribution in [0.5, 0.6) is 0 Å². The van der Waals surface area contributed by atoms with E-state index in [1.165, 1.54) is 4.57 Å². The van der Waals surface area contributed by atoms with Crippen LogP contribution in [0.4, 0.5) is 10.6 Å². The second kappa shape index (κ2) is 10.7. The van der Waals surface area contributed by atoms with E-state index in [0.29, 0.717) is 49.6 Å². The average molecular weight is 539 g/mol. The molecule has 0 spiro atoms. The lowest BCUT2D eigenvalue weighted by atomic mass is 10.1. The van der Waals surface area contributed by atoms with Gasteiger partial charge >= 0.3 is 11.7 Å². The van der Waals surface area contributed by atoms with Crippen LogP contribution in [-0.4, -0.2) is 98.8 Å². The summed E-state index contributed by atoms with van der Waals surface area (Å²) in [4.78, 5) is 47.5. The third-order valence-electron chi connectivity index (χ3n) is 8.11. The summed E-state index contributed by atoms with van der Waals surface area (Å²) in [5.41, 5.74) is 12.3. The third-order valence-corrected chi connectivity index (χ3v) is 8.11. The molecule has 6 N–H and O–H groups in total. The topological polar surface area (TPSA) is 163 Å². The van der Waals surface area contributed by atoms with Crippen molar-refractivity contribution in [3.05, 3.63) is 52.6 Å². The minimum absolute atomic E-state index is 0.0511. The van der Waals surface area contributed by atoms with Gasteiger partial charge in [0.05, 0.1) is 17.8 Å².